The van der Waals surface area contributed by atoms with Gasteiger partial charge >= 0.3 is 11.9 Å². The van der Waals surface area contributed by atoms with Crippen LogP contribution in [-0.4, -0.2) is 95.3 Å². The van der Waals surface area contributed by atoms with Gasteiger partial charge in [-0.15, -0.1) is 0 Å². The standard InChI is InChI=1S/C43H63NO10/c1-22-25(20-30(46)44(7)18-19-45)10-12-27-32(22)35(48)37(50)34-24(3)29(14-17-41(27,34)4)54-31(47)21-26-11-13-28-33(23(26)2)36(49)38(51)39-42(28,5)15-9-16-43(39,6)40(52)53-8/h20-24,27-29,32-36,39,45,48-49H,9-19H2,1-8H3/b25-20-,26-21-/t22-,23-,24+,27-,28-,29-,32-,33-,34+,35+,36+,39+,41+,42+,43-/m0/s1. The second-order valence-electron chi connectivity index (χ2n) is 18.7. The van der Waals surface area contributed by atoms with E-state index in [-0.39, 0.29) is 72.1 Å². The first-order valence-corrected chi connectivity index (χ1v) is 20.4. The largest absolute Gasteiger partial charge is 0.469 e. The van der Waals surface area contributed by atoms with Crippen molar-refractivity contribution in [3.63, 3.8) is 0 Å². The summed E-state index contributed by atoms with van der Waals surface area (Å²) in [6.07, 6.45) is 6.29. The predicted octanol–water partition coefficient (Wildman–Crippen LogP) is 4.45. The van der Waals surface area contributed by atoms with Crippen molar-refractivity contribution in [2.45, 2.75) is 118 Å². The van der Waals surface area contributed by atoms with Crippen LogP contribution in [0.4, 0.5) is 0 Å². The van der Waals surface area contributed by atoms with Gasteiger partial charge in [0.1, 0.15) is 18.3 Å². The third kappa shape index (κ3) is 6.32. The van der Waals surface area contributed by atoms with Gasteiger partial charge in [-0.2, -0.15) is 0 Å². The monoisotopic (exact) mass is 753 g/mol. The van der Waals surface area contributed by atoms with Crippen LogP contribution in [-0.2, 0) is 33.4 Å². The molecule has 0 radical (unpaired) electrons. The maximum atomic E-state index is 14.1. The van der Waals surface area contributed by atoms with E-state index in [1.165, 1.54) is 18.1 Å². The Morgan fingerprint density at radius 2 is 1.41 bits per heavy atom. The molecule has 0 bridgehead atoms. The Balaban J connectivity index is 1.16. The SMILES string of the molecule is COC(=O)[C@@]1(C)CCC[C@@]2(C)[C@H]1C(=O)[C@H](O)[C@H]1[C@@H](C)/C(=C\C(=O)O[C@H]3CC[C@]4(C)[C@H]5CC/C(=C/C(=O)N(C)CCO)[C@H](C)[C@@H]5[C@@H](O)C(=O)[C@H]4[C@@H]3C)CC[C@@H]12. The van der Waals surface area contributed by atoms with Gasteiger partial charge in [-0.1, -0.05) is 52.2 Å². The van der Waals surface area contributed by atoms with Crippen LogP contribution in [0.25, 0.3) is 0 Å². The number of amides is 1. The summed E-state index contributed by atoms with van der Waals surface area (Å²) in [7, 11) is 2.99. The molecule has 300 valence electrons. The fourth-order valence-electron chi connectivity index (χ4n) is 13.4. The number of carbonyl (C=O) groups excluding carboxylic acids is 5. The van der Waals surface area contributed by atoms with Crippen LogP contribution in [0.1, 0.15) is 99.3 Å². The van der Waals surface area contributed by atoms with Crippen molar-refractivity contribution in [2.75, 3.05) is 27.3 Å². The molecule has 0 aromatic rings. The van der Waals surface area contributed by atoms with Crippen molar-refractivity contribution in [2.24, 2.45) is 69.5 Å². The average Bonchev–Trinajstić information content (AvgIpc) is 3.12. The number of allylic oxidation sites excluding steroid dienone is 2. The second-order valence-corrected chi connectivity index (χ2v) is 18.7. The number of esters is 2. The lowest BCUT2D eigenvalue weighted by Gasteiger charge is -2.61. The Kier molecular flexibility index (Phi) is 11.2. The summed E-state index contributed by atoms with van der Waals surface area (Å²) >= 11 is 0. The highest BCUT2D eigenvalue weighted by Crippen LogP contribution is 2.65. The number of fused-ring (bicyclic) bond motifs is 6. The zero-order valence-electron chi connectivity index (χ0n) is 33.5. The number of aliphatic hydroxyl groups is 3. The lowest BCUT2D eigenvalue weighted by Crippen LogP contribution is -2.65. The van der Waals surface area contributed by atoms with Crippen LogP contribution < -0.4 is 0 Å². The van der Waals surface area contributed by atoms with Gasteiger partial charge in [0.05, 0.1) is 19.1 Å². The molecule has 0 spiro atoms. The van der Waals surface area contributed by atoms with Gasteiger partial charge in [0, 0.05) is 55.3 Å². The number of hydrogen-bond donors (Lipinski definition) is 3. The Bertz CT molecular complexity index is 1600. The first-order valence-electron chi connectivity index (χ1n) is 20.4. The maximum absolute atomic E-state index is 14.1. The van der Waals surface area contributed by atoms with Crippen molar-refractivity contribution < 1.29 is 48.8 Å². The highest BCUT2D eigenvalue weighted by molar-refractivity contribution is 5.94. The number of ether oxygens (including phenoxy) is 2. The summed E-state index contributed by atoms with van der Waals surface area (Å²) in [6.45, 7) is 12.1. The van der Waals surface area contributed by atoms with Gasteiger partial charge < -0.3 is 29.7 Å². The molecule has 54 heavy (non-hydrogen) atoms. The van der Waals surface area contributed by atoms with Crippen LogP contribution in [0.5, 0.6) is 0 Å². The van der Waals surface area contributed by atoms with Crippen LogP contribution >= 0.6 is 0 Å². The molecule has 6 rings (SSSR count). The van der Waals surface area contributed by atoms with Crippen LogP contribution in [0.2, 0.25) is 0 Å². The van der Waals surface area contributed by atoms with E-state index >= 15 is 0 Å². The Labute approximate surface area is 320 Å². The third-order valence-electron chi connectivity index (χ3n) is 16.2. The van der Waals surface area contributed by atoms with Crippen LogP contribution in [0.15, 0.2) is 23.3 Å². The molecule has 11 nitrogen and oxygen atoms in total. The fraction of sp³-hybridized carbons (Fsp3) is 0.791. The molecule has 0 aliphatic heterocycles. The topological polar surface area (TPSA) is 168 Å². The molecule has 6 fully saturated rings. The number of Topliss-reactive ketones (excluding diaryl/α,β-unsaturated/α-hetero) is 2. The molecular weight excluding hydrogens is 690 g/mol. The van der Waals surface area contributed by atoms with Gasteiger partial charge in [-0.3, -0.25) is 19.2 Å². The average molecular weight is 754 g/mol. The lowest BCUT2D eigenvalue weighted by atomic mass is 9.42. The summed E-state index contributed by atoms with van der Waals surface area (Å²) in [5, 5.41) is 32.4. The van der Waals surface area contributed by atoms with Gasteiger partial charge in [0.25, 0.3) is 0 Å². The summed E-state index contributed by atoms with van der Waals surface area (Å²) in [5.74, 6) is -4.12. The number of aliphatic hydroxyl groups excluding tert-OH is 3. The molecular formula is C43H63NO10. The van der Waals surface area contributed by atoms with Crippen molar-refractivity contribution in [1.29, 1.82) is 0 Å². The number of rotatable bonds is 6. The summed E-state index contributed by atoms with van der Waals surface area (Å²) in [6, 6.07) is 0. The van der Waals surface area contributed by atoms with E-state index in [4.69, 9.17) is 9.47 Å². The first-order chi connectivity index (χ1) is 25.4. The normalized spacial score (nSPS) is 46.1. The molecule has 0 aromatic carbocycles. The van der Waals surface area contributed by atoms with Gasteiger partial charge in [-0.25, -0.2) is 4.79 Å². The highest BCUT2D eigenvalue weighted by Gasteiger charge is 2.67. The maximum Gasteiger partial charge on any atom is 0.330 e. The van der Waals surface area contributed by atoms with Crippen LogP contribution in [0.3, 0.4) is 0 Å². The molecule has 6 saturated carbocycles. The van der Waals surface area contributed by atoms with Crippen molar-refractivity contribution >= 4 is 29.4 Å². The molecule has 0 aromatic heterocycles. The van der Waals surface area contributed by atoms with Crippen LogP contribution in [0, 0.1) is 69.5 Å². The molecule has 0 unspecified atom stereocenters. The Morgan fingerprint density at radius 3 is 2.00 bits per heavy atom. The number of likely N-dealkylation sites (N-methyl/N-ethyl adjacent to an activating group) is 1. The molecule has 6 aliphatic rings. The Hall–Kier alpha value is -2.89. The number of carbonyl (C=O) groups is 5. The summed E-state index contributed by atoms with van der Waals surface area (Å²) in [4.78, 5) is 69.0. The second kappa shape index (κ2) is 14.9. The van der Waals surface area contributed by atoms with Crippen molar-refractivity contribution in [1.82, 2.24) is 4.90 Å². The van der Waals surface area contributed by atoms with Gasteiger partial charge in [-0.05, 0) is 92.8 Å². The summed E-state index contributed by atoms with van der Waals surface area (Å²) < 4.78 is 11.3. The van der Waals surface area contributed by atoms with E-state index in [9.17, 15) is 39.3 Å². The van der Waals surface area contributed by atoms with E-state index in [0.29, 0.717) is 38.5 Å². The number of nitrogens with zero attached hydrogens (tertiary/aromatic N) is 1. The van der Waals surface area contributed by atoms with Gasteiger partial charge in [0.2, 0.25) is 5.91 Å². The highest BCUT2D eigenvalue weighted by atomic mass is 16.5. The third-order valence-corrected chi connectivity index (χ3v) is 16.2. The van der Waals surface area contributed by atoms with E-state index in [0.717, 1.165) is 30.4 Å². The Morgan fingerprint density at radius 1 is 0.833 bits per heavy atom. The van der Waals surface area contributed by atoms with Gasteiger partial charge in [0.15, 0.2) is 11.6 Å². The first kappa shape index (κ1) is 40.8. The molecule has 3 N–H and O–H groups in total. The minimum absolute atomic E-state index is 0.00609. The molecule has 15 atom stereocenters. The van der Waals surface area contributed by atoms with Crippen molar-refractivity contribution in [3.8, 4) is 0 Å². The lowest BCUT2D eigenvalue weighted by molar-refractivity contribution is -0.193. The number of methoxy groups -OCH3 is 1. The zero-order chi connectivity index (χ0) is 39.7. The predicted molar refractivity (Wildman–Crippen MR) is 199 cm³/mol. The van der Waals surface area contributed by atoms with E-state index in [1.807, 2.05) is 27.7 Å². The summed E-state index contributed by atoms with van der Waals surface area (Å²) in [5.41, 5.74) is -0.115. The smallest absolute Gasteiger partial charge is 0.330 e. The quantitative estimate of drug-likeness (QED) is 0.261. The fourth-order valence-corrected chi connectivity index (χ4v) is 13.4. The number of ketones is 2. The molecule has 11 heteroatoms. The molecule has 1 amide bonds. The van der Waals surface area contributed by atoms with E-state index in [2.05, 4.69) is 13.8 Å². The molecule has 6 aliphatic carbocycles. The minimum Gasteiger partial charge on any atom is -0.469 e. The molecule has 0 saturated heterocycles. The van der Waals surface area contributed by atoms with Crippen molar-refractivity contribution in [3.05, 3.63) is 23.3 Å². The van der Waals surface area contributed by atoms with E-state index in [1.54, 1.807) is 13.1 Å². The van der Waals surface area contributed by atoms with E-state index < -0.39 is 58.3 Å². The minimum atomic E-state index is -1.25. The number of hydrogen-bond acceptors (Lipinski definition) is 10. The zero-order valence-corrected chi connectivity index (χ0v) is 33.5. The molecule has 0 heterocycles.